The average Bonchev–Trinajstić information content (AvgIpc) is 2.33. The fourth-order valence-corrected chi connectivity index (χ4v) is 1.48. The van der Waals surface area contributed by atoms with Gasteiger partial charge in [0.05, 0.1) is 5.56 Å². The van der Waals surface area contributed by atoms with Crippen LogP contribution in [-0.4, -0.2) is 23.6 Å². The highest BCUT2D eigenvalue weighted by Crippen LogP contribution is 2.22. The van der Waals surface area contributed by atoms with E-state index in [9.17, 15) is 0 Å². The van der Waals surface area contributed by atoms with Crippen LogP contribution < -0.4 is 10.1 Å². The first-order valence-corrected chi connectivity index (χ1v) is 6.02. The molecule has 1 N–H and O–H groups in total. The minimum absolute atomic E-state index is 0.545. The Morgan fingerprint density at radius 3 is 2.71 bits per heavy atom. The van der Waals surface area contributed by atoms with Crippen molar-refractivity contribution in [3.8, 4) is 5.88 Å². The van der Waals surface area contributed by atoms with Gasteiger partial charge in [-0.1, -0.05) is 19.1 Å². The number of hydrogen-bond donors (Lipinski definition) is 1. The number of anilines is 1. The SMILES string of the molecule is C/C=C/COc1nc(CCC)nc(NC)c1C. The third kappa shape index (κ3) is 3.73. The van der Waals surface area contributed by atoms with Crippen molar-refractivity contribution in [1.82, 2.24) is 9.97 Å². The Hall–Kier alpha value is -1.58. The molecule has 1 aromatic heterocycles. The number of allylic oxidation sites excluding steroid dienone is 1. The molecular formula is C13H21N3O. The Morgan fingerprint density at radius 1 is 1.35 bits per heavy atom. The highest BCUT2D eigenvalue weighted by molar-refractivity contribution is 5.48. The summed E-state index contributed by atoms with van der Waals surface area (Å²) in [6.07, 6.45) is 5.82. The van der Waals surface area contributed by atoms with Gasteiger partial charge in [0.1, 0.15) is 18.2 Å². The molecule has 1 heterocycles. The normalized spacial score (nSPS) is 10.8. The van der Waals surface area contributed by atoms with Crippen molar-refractivity contribution in [3.63, 3.8) is 0 Å². The van der Waals surface area contributed by atoms with E-state index in [0.717, 1.165) is 30.0 Å². The van der Waals surface area contributed by atoms with Crippen molar-refractivity contribution >= 4 is 5.82 Å². The minimum Gasteiger partial charge on any atom is -0.473 e. The molecule has 0 amide bonds. The van der Waals surface area contributed by atoms with Crippen LogP contribution in [0.3, 0.4) is 0 Å². The van der Waals surface area contributed by atoms with Gasteiger partial charge in [-0.2, -0.15) is 4.98 Å². The van der Waals surface area contributed by atoms with Crippen LogP contribution >= 0.6 is 0 Å². The molecule has 94 valence electrons. The Labute approximate surface area is 103 Å². The van der Waals surface area contributed by atoms with Crippen LogP contribution in [0.5, 0.6) is 5.88 Å². The summed E-state index contributed by atoms with van der Waals surface area (Å²) < 4.78 is 5.63. The van der Waals surface area contributed by atoms with Gasteiger partial charge in [0.15, 0.2) is 0 Å². The number of aromatic nitrogens is 2. The van der Waals surface area contributed by atoms with Gasteiger partial charge in [-0.25, -0.2) is 4.98 Å². The topological polar surface area (TPSA) is 47.0 Å². The van der Waals surface area contributed by atoms with Crippen LogP contribution in [0.2, 0.25) is 0 Å². The van der Waals surface area contributed by atoms with E-state index in [4.69, 9.17) is 4.74 Å². The molecule has 0 fully saturated rings. The van der Waals surface area contributed by atoms with Crippen LogP contribution in [0.25, 0.3) is 0 Å². The summed E-state index contributed by atoms with van der Waals surface area (Å²) in [4.78, 5) is 8.88. The molecule has 0 saturated heterocycles. The van der Waals surface area contributed by atoms with Gasteiger partial charge in [-0.15, -0.1) is 0 Å². The molecule has 0 atom stereocenters. The molecule has 0 bridgehead atoms. The van der Waals surface area contributed by atoms with Gasteiger partial charge in [0.25, 0.3) is 0 Å². The molecular weight excluding hydrogens is 214 g/mol. The summed E-state index contributed by atoms with van der Waals surface area (Å²) in [6.45, 7) is 6.59. The largest absolute Gasteiger partial charge is 0.473 e. The molecule has 1 aromatic rings. The van der Waals surface area contributed by atoms with Gasteiger partial charge < -0.3 is 10.1 Å². The van der Waals surface area contributed by atoms with E-state index < -0.39 is 0 Å². The third-order valence-electron chi connectivity index (χ3n) is 2.41. The van der Waals surface area contributed by atoms with E-state index in [-0.39, 0.29) is 0 Å². The Balaban J connectivity index is 2.95. The van der Waals surface area contributed by atoms with Gasteiger partial charge in [-0.05, 0) is 20.3 Å². The Bertz CT molecular complexity index is 388. The van der Waals surface area contributed by atoms with Gasteiger partial charge >= 0.3 is 0 Å². The number of nitrogens with one attached hydrogen (secondary N) is 1. The Morgan fingerprint density at radius 2 is 2.12 bits per heavy atom. The zero-order valence-corrected chi connectivity index (χ0v) is 11.1. The second-order valence-electron chi connectivity index (χ2n) is 3.80. The fourth-order valence-electron chi connectivity index (χ4n) is 1.48. The molecule has 4 nitrogen and oxygen atoms in total. The van der Waals surface area contributed by atoms with Crippen molar-refractivity contribution in [3.05, 3.63) is 23.5 Å². The first-order chi connectivity index (χ1) is 8.22. The summed E-state index contributed by atoms with van der Waals surface area (Å²) in [5.74, 6) is 2.35. The molecule has 17 heavy (non-hydrogen) atoms. The second kappa shape index (κ2) is 6.89. The molecule has 0 aromatic carbocycles. The fraction of sp³-hybridized carbons (Fsp3) is 0.538. The lowest BCUT2D eigenvalue weighted by atomic mass is 10.3. The van der Waals surface area contributed by atoms with E-state index in [1.165, 1.54) is 0 Å². The first kappa shape index (κ1) is 13.5. The van der Waals surface area contributed by atoms with Crippen LogP contribution in [0.1, 0.15) is 31.7 Å². The lowest BCUT2D eigenvalue weighted by Gasteiger charge is -2.11. The summed E-state index contributed by atoms with van der Waals surface area (Å²) in [5, 5.41) is 3.08. The van der Waals surface area contributed by atoms with Crippen molar-refractivity contribution in [2.45, 2.75) is 33.6 Å². The molecule has 0 spiro atoms. The highest BCUT2D eigenvalue weighted by atomic mass is 16.5. The molecule has 0 aliphatic rings. The van der Waals surface area contributed by atoms with E-state index in [0.29, 0.717) is 12.5 Å². The average molecular weight is 235 g/mol. The Kier molecular flexibility index (Phi) is 5.46. The van der Waals surface area contributed by atoms with Crippen LogP contribution in [-0.2, 0) is 6.42 Å². The standard InChI is InChI=1S/C13H21N3O/c1-5-7-9-17-13-10(3)12(14-4)15-11(16-13)8-6-2/h5,7H,6,8-9H2,1-4H3,(H,14,15,16)/b7-5+. The van der Waals surface area contributed by atoms with Crippen molar-refractivity contribution in [1.29, 1.82) is 0 Å². The molecule has 4 heteroatoms. The van der Waals surface area contributed by atoms with Gasteiger partial charge in [0, 0.05) is 13.5 Å². The van der Waals surface area contributed by atoms with E-state index in [1.807, 2.05) is 33.0 Å². The number of ether oxygens (including phenoxy) is 1. The molecule has 1 rings (SSSR count). The zero-order chi connectivity index (χ0) is 12.7. The van der Waals surface area contributed by atoms with E-state index >= 15 is 0 Å². The summed E-state index contributed by atoms with van der Waals surface area (Å²) >= 11 is 0. The molecule has 0 saturated carbocycles. The second-order valence-corrected chi connectivity index (χ2v) is 3.80. The third-order valence-corrected chi connectivity index (χ3v) is 2.41. The molecule has 0 aliphatic heterocycles. The minimum atomic E-state index is 0.545. The van der Waals surface area contributed by atoms with E-state index in [1.54, 1.807) is 0 Å². The van der Waals surface area contributed by atoms with Crippen LogP contribution in [0, 0.1) is 6.92 Å². The predicted molar refractivity (Wildman–Crippen MR) is 70.6 cm³/mol. The highest BCUT2D eigenvalue weighted by Gasteiger charge is 2.10. The van der Waals surface area contributed by atoms with Crippen molar-refractivity contribution in [2.24, 2.45) is 0 Å². The van der Waals surface area contributed by atoms with Crippen LogP contribution in [0.4, 0.5) is 5.82 Å². The predicted octanol–water partition coefficient (Wildman–Crippen LogP) is 2.73. The number of hydrogen-bond acceptors (Lipinski definition) is 4. The number of aryl methyl sites for hydroxylation is 1. The number of rotatable bonds is 6. The monoisotopic (exact) mass is 235 g/mol. The zero-order valence-electron chi connectivity index (χ0n) is 11.1. The maximum Gasteiger partial charge on any atom is 0.222 e. The van der Waals surface area contributed by atoms with Gasteiger partial charge in [0.2, 0.25) is 5.88 Å². The summed E-state index contributed by atoms with van der Waals surface area (Å²) in [6, 6.07) is 0. The van der Waals surface area contributed by atoms with Gasteiger partial charge in [-0.3, -0.25) is 0 Å². The smallest absolute Gasteiger partial charge is 0.222 e. The lowest BCUT2D eigenvalue weighted by Crippen LogP contribution is -2.07. The molecule has 0 unspecified atom stereocenters. The quantitative estimate of drug-likeness (QED) is 0.770. The summed E-state index contributed by atoms with van der Waals surface area (Å²) in [5.41, 5.74) is 0.955. The van der Waals surface area contributed by atoms with Crippen molar-refractivity contribution in [2.75, 3.05) is 19.0 Å². The lowest BCUT2D eigenvalue weighted by molar-refractivity contribution is 0.343. The number of nitrogens with zero attached hydrogens (tertiary/aromatic N) is 2. The molecule has 0 radical (unpaired) electrons. The molecule has 0 aliphatic carbocycles. The summed E-state index contributed by atoms with van der Waals surface area (Å²) in [7, 11) is 1.86. The maximum atomic E-state index is 5.63. The van der Waals surface area contributed by atoms with Crippen LogP contribution in [0.15, 0.2) is 12.2 Å². The first-order valence-electron chi connectivity index (χ1n) is 6.02. The van der Waals surface area contributed by atoms with Crippen molar-refractivity contribution < 1.29 is 4.74 Å². The maximum absolute atomic E-state index is 5.63. The van der Waals surface area contributed by atoms with E-state index in [2.05, 4.69) is 22.2 Å².